The van der Waals surface area contributed by atoms with Crippen LogP contribution in [0.15, 0.2) is 6.20 Å². The zero-order chi connectivity index (χ0) is 12.5. The lowest BCUT2D eigenvalue weighted by molar-refractivity contribution is -0.275. The van der Waals surface area contributed by atoms with Crippen molar-refractivity contribution < 1.29 is 31.8 Å². The third kappa shape index (κ3) is 2.61. The van der Waals surface area contributed by atoms with Crippen molar-refractivity contribution in [3.63, 3.8) is 0 Å². The van der Waals surface area contributed by atoms with E-state index in [0.29, 0.717) is 6.20 Å². The number of halogens is 5. The Balaban J connectivity index is 3.29. The van der Waals surface area contributed by atoms with Gasteiger partial charge in [0.15, 0.2) is 11.5 Å². The van der Waals surface area contributed by atoms with E-state index in [1.807, 2.05) is 0 Å². The van der Waals surface area contributed by atoms with E-state index in [4.69, 9.17) is 10.8 Å². The van der Waals surface area contributed by atoms with Gasteiger partial charge in [0.1, 0.15) is 11.4 Å². The van der Waals surface area contributed by atoms with Crippen LogP contribution in [0.4, 0.5) is 27.8 Å². The molecule has 0 aromatic carbocycles. The Morgan fingerprint density at radius 2 is 1.94 bits per heavy atom. The summed E-state index contributed by atoms with van der Waals surface area (Å²) in [5.74, 6) is -3.44. The average molecular weight is 244 g/mol. The molecule has 4 nitrogen and oxygen atoms in total. The minimum atomic E-state index is -5.21. The first-order valence-electron chi connectivity index (χ1n) is 3.73. The number of hydrogen-bond donors (Lipinski definition) is 2. The molecule has 0 atom stereocenters. The number of hydrogen-bond acceptors (Lipinski definition) is 4. The highest BCUT2D eigenvalue weighted by molar-refractivity contribution is 5.55. The Bertz CT molecular complexity index is 393. The summed E-state index contributed by atoms with van der Waals surface area (Å²) in [5, 5.41) is 8.95. The molecule has 16 heavy (non-hydrogen) atoms. The number of alkyl halides is 5. The van der Waals surface area contributed by atoms with E-state index < -0.39 is 35.7 Å². The van der Waals surface area contributed by atoms with Gasteiger partial charge >= 0.3 is 6.36 Å². The molecule has 9 heteroatoms. The molecule has 0 radical (unpaired) electrons. The number of ether oxygens (including phenoxy) is 1. The lowest BCUT2D eigenvalue weighted by Gasteiger charge is -2.14. The lowest BCUT2D eigenvalue weighted by atomic mass is 10.2. The molecule has 0 saturated heterocycles. The topological polar surface area (TPSA) is 68.4 Å². The van der Waals surface area contributed by atoms with Crippen LogP contribution in [-0.2, 0) is 0 Å². The molecule has 0 aliphatic heterocycles. The number of nitrogens with zero attached hydrogens (tertiary/aromatic N) is 1. The molecule has 0 saturated carbocycles. The Morgan fingerprint density at radius 1 is 1.38 bits per heavy atom. The van der Waals surface area contributed by atoms with Crippen LogP contribution in [0.2, 0.25) is 0 Å². The van der Waals surface area contributed by atoms with Crippen molar-refractivity contribution in [1.29, 1.82) is 0 Å². The largest absolute Gasteiger partial charge is 0.573 e. The van der Waals surface area contributed by atoms with Crippen molar-refractivity contribution in [1.82, 2.24) is 4.98 Å². The van der Waals surface area contributed by atoms with Crippen molar-refractivity contribution in [3.05, 3.63) is 11.8 Å². The Hall–Kier alpha value is -1.80. The molecule has 0 amide bonds. The normalized spacial score (nSPS) is 11.9. The smallest absolute Gasteiger partial charge is 0.503 e. The van der Waals surface area contributed by atoms with Gasteiger partial charge in [-0.15, -0.1) is 13.2 Å². The maximum Gasteiger partial charge on any atom is 0.573 e. The van der Waals surface area contributed by atoms with E-state index >= 15 is 0 Å². The molecule has 0 unspecified atom stereocenters. The van der Waals surface area contributed by atoms with E-state index in [-0.39, 0.29) is 0 Å². The maximum absolute atomic E-state index is 12.4. The fourth-order valence-corrected chi connectivity index (χ4v) is 0.947. The monoisotopic (exact) mass is 244 g/mol. The van der Waals surface area contributed by atoms with Crippen LogP contribution >= 0.6 is 0 Å². The highest BCUT2D eigenvalue weighted by Gasteiger charge is 2.36. The van der Waals surface area contributed by atoms with E-state index in [9.17, 15) is 22.0 Å². The third-order valence-electron chi connectivity index (χ3n) is 1.52. The number of rotatable bonds is 2. The van der Waals surface area contributed by atoms with Gasteiger partial charge in [-0.3, -0.25) is 0 Å². The van der Waals surface area contributed by atoms with Crippen LogP contribution < -0.4 is 10.5 Å². The van der Waals surface area contributed by atoms with E-state index in [1.165, 1.54) is 0 Å². The number of aromatic hydroxyl groups is 1. The van der Waals surface area contributed by atoms with Gasteiger partial charge in [0.25, 0.3) is 6.43 Å². The van der Waals surface area contributed by atoms with E-state index in [2.05, 4.69) is 9.72 Å². The summed E-state index contributed by atoms with van der Waals surface area (Å²) >= 11 is 0. The molecule has 3 N–H and O–H groups in total. The minimum Gasteiger partial charge on any atom is -0.503 e. The number of aromatic nitrogens is 1. The second-order valence-corrected chi connectivity index (χ2v) is 2.62. The van der Waals surface area contributed by atoms with Gasteiger partial charge in [0.2, 0.25) is 0 Å². The second-order valence-electron chi connectivity index (χ2n) is 2.62. The molecule has 0 bridgehead atoms. The molecule has 1 rings (SSSR count). The molecule has 0 fully saturated rings. The van der Waals surface area contributed by atoms with E-state index in [1.54, 1.807) is 0 Å². The van der Waals surface area contributed by atoms with Crippen LogP contribution in [0.5, 0.6) is 11.5 Å². The summed E-state index contributed by atoms with van der Waals surface area (Å²) in [4.78, 5) is 3.09. The summed E-state index contributed by atoms with van der Waals surface area (Å²) in [5.41, 5.74) is 3.67. The van der Waals surface area contributed by atoms with Gasteiger partial charge in [0.05, 0.1) is 6.20 Å². The first kappa shape index (κ1) is 12.3. The Morgan fingerprint density at radius 3 is 2.38 bits per heavy atom. The summed E-state index contributed by atoms with van der Waals surface area (Å²) < 4.78 is 63.6. The summed E-state index contributed by atoms with van der Waals surface area (Å²) in [6, 6.07) is 0. The fraction of sp³-hybridized carbons (Fsp3) is 0.286. The number of pyridine rings is 1. The van der Waals surface area contributed by atoms with Crippen LogP contribution in [0, 0.1) is 0 Å². The van der Waals surface area contributed by atoms with Crippen molar-refractivity contribution in [2.24, 2.45) is 0 Å². The molecular weight excluding hydrogens is 239 g/mol. The molecule has 0 aliphatic rings. The molecule has 0 aliphatic carbocycles. The maximum atomic E-state index is 12.4. The van der Waals surface area contributed by atoms with E-state index in [0.717, 1.165) is 0 Å². The number of anilines is 1. The molecule has 90 valence electrons. The van der Waals surface area contributed by atoms with Crippen LogP contribution in [0.25, 0.3) is 0 Å². The predicted octanol–water partition coefficient (Wildman–Crippen LogP) is 2.21. The number of nitrogens with two attached hydrogens (primary N) is 1. The first-order valence-corrected chi connectivity index (χ1v) is 3.73. The average Bonchev–Trinajstić information content (AvgIpc) is 2.08. The predicted molar refractivity (Wildman–Crippen MR) is 42.0 cm³/mol. The zero-order valence-corrected chi connectivity index (χ0v) is 7.42. The standard InChI is InChI=1S/C7H5F5N2O2/c8-5(9)3-4(16-7(10,11)12)2(15)1-14-6(3)13/h1,5,15H,(H2,13,14). The highest BCUT2D eigenvalue weighted by atomic mass is 19.4. The van der Waals surface area contributed by atoms with Gasteiger partial charge in [0, 0.05) is 0 Å². The molecule has 1 aromatic heterocycles. The minimum absolute atomic E-state index is 0.488. The quantitative estimate of drug-likeness (QED) is 0.782. The zero-order valence-electron chi connectivity index (χ0n) is 7.42. The molecule has 0 spiro atoms. The van der Waals surface area contributed by atoms with Gasteiger partial charge in [-0.25, -0.2) is 13.8 Å². The van der Waals surface area contributed by atoms with Gasteiger partial charge in [-0.1, -0.05) is 0 Å². The molecule has 1 aromatic rings. The third-order valence-corrected chi connectivity index (χ3v) is 1.52. The molecular formula is C7H5F5N2O2. The van der Waals surface area contributed by atoms with Crippen LogP contribution in [0.1, 0.15) is 12.0 Å². The summed E-state index contributed by atoms with van der Waals surface area (Å²) in [6.07, 6.45) is -8.08. The number of nitrogen functional groups attached to an aromatic ring is 1. The van der Waals surface area contributed by atoms with Crippen LogP contribution in [-0.4, -0.2) is 16.5 Å². The lowest BCUT2D eigenvalue weighted by Crippen LogP contribution is -2.19. The van der Waals surface area contributed by atoms with Gasteiger partial charge < -0.3 is 15.6 Å². The SMILES string of the molecule is Nc1ncc(O)c(OC(F)(F)F)c1C(F)F. The van der Waals surface area contributed by atoms with Crippen molar-refractivity contribution in [2.45, 2.75) is 12.8 Å². The Labute approximate surface area is 85.5 Å². The van der Waals surface area contributed by atoms with Gasteiger partial charge in [-0.05, 0) is 0 Å². The first-order chi connectivity index (χ1) is 7.22. The summed E-state index contributed by atoms with van der Waals surface area (Å²) in [7, 11) is 0. The van der Waals surface area contributed by atoms with Crippen LogP contribution in [0.3, 0.4) is 0 Å². The summed E-state index contributed by atoms with van der Waals surface area (Å²) in [6.45, 7) is 0. The highest BCUT2D eigenvalue weighted by Crippen LogP contribution is 2.41. The fourth-order valence-electron chi connectivity index (χ4n) is 0.947. The second kappa shape index (κ2) is 3.99. The van der Waals surface area contributed by atoms with Crippen molar-refractivity contribution in [2.75, 3.05) is 5.73 Å². The van der Waals surface area contributed by atoms with Crippen molar-refractivity contribution in [3.8, 4) is 11.5 Å². The Kier molecular flexibility index (Phi) is 3.06. The molecule has 1 heterocycles. The van der Waals surface area contributed by atoms with Crippen molar-refractivity contribution >= 4 is 5.82 Å². The van der Waals surface area contributed by atoms with Gasteiger partial charge in [-0.2, -0.15) is 0 Å².